The summed E-state index contributed by atoms with van der Waals surface area (Å²) in [7, 11) is 0. The molecule has 0 unspecified atom stereocenters. The van der Waals surface area contributed by atoms with E-state index in [1.807, 2.05) is 18.2 Å². The second-order valence-corrected chi connectivity index (χ2v) is 3.59. The second-order valence-electron chi connectivity index (χ2n) is 3.59. The van der Waals surface area contributed by atoms with Crippen LogP contribution in [0.1, 0.15) is 20.8 Å². The Hall–Kier alpha value is -0.556. The maximum absolute atomic E-state index is 4.15. The average Bonchev–Trinajstić information content (AvgIpc) is 1.85. The van der Waals surface area contributed by atoms with Crippen LogP contribution in [0.3, 0.4) is 0 Å². The molecule has 0 aliphatic heterocycles. The summed E-state index contributed by atoms with van der Waals surface area (Å²) in [6, 6.07) is 5.85. The fourth-order valence-corrected chi connectivity index (χ4v) is 0.821. The van der Waals surface area contributed by atoms with Crippen molar-refractivity contribution in [3.63, 3.8) is 0 Å². The van der Waals surface area contributed by atoms with Crippen molar-refractivity contribution in [3.05, 3.63) is 24.4 Å². The fourth-order valence-electron chi connectivity index (χ4n) is 0.821. The van der Waals surface area contributed by atoms with Gasteiger partial charge >= 0.3 is 0 Å². The van der Waals surface area contributed by atoms with Crippen LogP contribution in [0.5, 0.6) is 0 Å². The summed E-state index contributed by atoms with van der Waals surface area (Å²) < 4.78 is 0. The first-order valence-corrected chi connectivity index (χ1v) is 3.77. The van der Waals surface area contributed by atoms with Crippen LogP contribution >= 0.6 is 0 Å². The van der Waals surface area contributed by atoms with Gasteiger partial charge in [-0.2, -0.15) is 0 Å². The van der Waals surface area contributed by atoms with Crippen molar-refractivity contribution in [1.82, 2.24) is 4.98 Å². The number of rotatable bonds is 1. The Balaban J connectivity index is 0.00000121. The number of nitrogens with one attached hydrogen (secondary N) is 1. The van der Waals surface area contributed by atoms with Crippen LogP contribution in [0.15, 0.2) is 24.4 Å². The number of nitrogens with zero attached hydrogens (tertiary/aromatic N) is 1. The fraction of sp³-hybridized carbons (Fsp3) is 0.444. The van der Waals surface area contributed by atoms with Gasteiger partial charge in [-0.3, -0.25) is 0 Å². The molecule has 0 aromatic carbocycles. The molecule has 70 valence electrons. The third kappa shape index (κ3) is 4.35. The van der Waals surface area contributed by atoms with Gasteiger partial charge in [-0.05, 0) is 32.9 Å². The molecule has 0 radical (unpaired) electrons. The quantitative estimate of drug-likeness (QED) is 0.717. The Morgan fingerprint density at radius 2 is 1.92 bits per heavy atom. The molecular weight excluding hydrogens is 195 g/mol. The Morgan fingerprint density at radius 3 is 2.33 bits per heavy atom. The molecule has 0 fully saturated rings. The smallest absolute Gasteiger partial charge is 0.126 e. The topological polar surface area (TPSA) is 24.9 Å². The Labute approximate surface area is 83.7 Å². The predicted molar refractivity (Wildman–Crippen MR) is 47.6 cm³/mol. The molecular formula is C9H14N2Ni. The molecule has 3 heteroatoms. The Bertz CT molecular complexity index is 216. The summed E-state index contributed by atoms with van der Waals surface area (Å²) in [5, 5.41) is 3.27. The van der Waals surface area contributed by atoms with E-state index in [-0.39, 0.29) is 22.0 Å². The number of aromatic nitrogens is 1. The molecule has 1 rings (SSSR count). The maximum atomic E-state index is 4.15. The van der Waals surface area contributed by atoms with Crippen molar-refractivity contribution < 1.29 is 16.5 Å². The van der Waals surface area contributed by atoms with Crippen molar-refractivity contribution in [2.45, 2.75) is 26.3 Å². The number of hydrogen-bond acceptors (Lipinski definition) is 2. The molecule has 0 atom stereocenters. The molecule has 12 heavy (non-hydrogen) atoms. The normalized spacial score (nSPS) is 10.2. The number of anilines is 1. The van der Waals surface area contributed by atoms with Gasteiger partial charge in [-0.15, -0.1) is 0 Å². The molecule has 0 saturated heterocycles. The van der Waals surface area contributed by atoms with E-state index in [0.29, 0.717) is 0 Å². The third-order valence-corrected chi connectivity index (χ3v) is 1.17. The zero-order chi connectivity index (χ0) is 8.32. The molecule has 1 N–H and O–H groups in total. The van der Waals surface area contributed by atoms with Gasteiger partial charge in [-0.1, -0.05) is 6.07 Å². The zero-order valence-electron chi connectivity index (χ0n) is 7.57. The van der Waals surface area contributed by atoms with Gasteiger partial charge in [0.25, 0.3) is 0 Å². The molecule has 1 heterocycles. The molecule has 0 spiro atoms. The first-order chi connectivity index (χ1) is 5.08. The van der Waals surface area contributed by atoms with Crippen LogP contribution in [0.2, 0.25) is 0 Å². The van der Waals surface area contributed by atoms with Gasteiger partial charge in [0.05, 0.1) is 0 Å². The maximum Gasteiger partial charge on any atom is 0.126 e. The molecule has 1 aromatic rings. The molecule has 0 saturated carbocycles. The summed E-state index contributed by atoms with van der Waals surface area (Å²) in [5.41, 5.74) is 0.0916. The van der Waals surface area contributed by atoms with E-state index in [9.17, 15) is 0 Å². The van der Waals surface area contributed by atoms with Crippen LogP contribution in [0.25, 0.3) is 0 Å². The summed E-state index contributed by atoms with van der Waals surface area (Å²) in [5.74, 6) is 0.931. The van der Waals surface area contributed by atoms with Crippen molar-refractivity contribution >= 4 is 5.82 Å². The number of hydrogen-bond donors (Lipinski definition) is 1. The third-order valence-electron chi connectivity index (χ3n) is 1.17. The minimum absolute atomic E-state index is 0. The van der Waals surface area contributed by atoms with Gasteiger partial charge < -0.3 is 5.32 Å². The van der Waals surface area contributed by atoms with E-state index in [0.717, 1.165) is 5.82 Å². The van der Waals surface area contributed by atoms with Crippen LogP contribution < -0.4 is 5.32 Å². The monoisotopic (exact) mass is 208 g/mol. The minimum atomic E-state index is 0. The van der Waals surface area contributed by atoms with Gasteiger partial charge in [0.1, 0.15) is 5.82 Å². The van der Waals surface area contributed by atoms with E-state index >= 15 is 0 Å². The van der Waals surface area contributed by atoms with E-state index in [1.165, 1.54) is 0 Å². The molecule has 1 aromatic heterocycles. The predicted octanol–water partition coefficient (Wildman–Crippen LogP) is 2.29. The van der Waals surface area contributed by atoms with Crippen LogP contribution in [-0.2, 0) is 16.5 Å². The zero-order valence-corrected chi connectivity index (χ0v) is 8.56. The van der Waals surface area contributed by atoms with Crippen LogP contribution in [0, 0.1) is 0 Å². The second kappa shape index (κ2) is 4.46. The summed E-state index contributed by atoms with van der Waals surface area (Å²) in [6.45, 7) is 6.34. The molecule has 0 amide bonds. The minimum Gasteiger partial charge on any atom is -0.365 e. The van der Waals surface area contributed by atoms with E-state index in [2.05, 4.69) is 31.1 Å². The summed E-state index contributed by atoms with van der Waals surface area (Å²) in [4.78, 5) is 4.15. The first kappa shape index (κ1) is 11.4. The molecule has 0 bridgehead atoms. The number of pyridine rings is 1. The van der Waals surface area contributed by atoms with Gasteiger partial charge in [-0.25, -0.2) is 4.98 Å². The largest absolute Gasteiger partial charge is 0.365 e. The average molecular weight is 209 g/mol. The van der Waals surface area contributed by atoms with Crippen molar-refractivity contribution in [2.24, 2.45) is 0 Å². The van der Waals surface area contributed by atoms with E-state index < -0.39 is 0 Å². The van der Waals surface area contributed by atoms with Crippen LogP contribution in [-0.4, -0.2) is 10.5 Å². The van der Waals surface area contributed by atoms with Crippen LogP contribution in [0.4, 0.5) is 5.82 Å². The standard InChI is InChI=1S/C9H14N2.Ni/c1-9(2,3)11-8-6-4-5-7-10-8;/h4-7H,1-3H3,(H,10,11);. The van der Waals surface area contributed by atoms with E-state index in [1.54, 1.807) is 6.20 Å². The Kier molecular flexibility index (Phi) is 4.26. The molecule has 0 aliphatic rings. The van der Waals surface area contributed by atoms with Gasteiger partial charge in [0, 0.05) is 28.2 Å². The summed E-state index contributed by atoms with van der Waals surface area (Å²) in [6.07, 6.45) is 1.79. The first-order valence-electron chi connectivity index (χ1n) is 3.77. The molecule has 2 nitrogen and oxygen atoms in total. The SMILES string of the molecule is CC(C)(C)Nc1ccccn1.[Ni]. The van der Waals surface area contributed by atoms with Crippen molar-refractivity contribution in [2.75, 3.05) is 5.32 Å². The van der Waals surface area contributed by atoms with Crippen molar-refractivity contribution in [3.8, 4) is 0 Å². The van der Waals surface area contributed by atoms with Gasteiger partial charge in [0.15, 0.2) is 0 Å². The van der Waals surface area contributed by atoms with Gasteiger partial charge in [0.2, 0.25) is 0 Å². The summed E-state index contributed by atoms with van der Waals surface area (Å²) >= 11 is 0. The van der Waals surface area contributed by atoms with E-state index in [4.69, 9.17) is 0 Å². The Morgan fingerprint density at radius 1 is 1.25 bits per heavy atom. The van der Waals surface area contributed by atoms with Crippen molar-refractivity contribution in [1.29, 1.82) is 0 Å². The molecule has 0 aliphatic carbocycles.